The molecule has 1 aromatic heterocycles. The predicted molar refractivity (Wildman–Crippen MR) is 104 cm³/mol. The second-order valence-electron chi connectivity index (χ2n) is 4.99. The van der Waals surface area contributed by atoms with Crippen molar-refractivity contribution in [3.8, 4) is 5.69 Å². The third-order valence-electron chi connectivity index (χ3n) is 3.48. The van der Waals surface area contributed by atoms with E-state index in [4.69, 9.17) is 12.2 Å². The van der Waals surface area contributed by atoms with Gasteiger partial charge in [-0.05, 0) is 78.4 Å². The number of aryl methyl sites for hydroxylation is 1. The highest BCUT2D eigenvalue weighted by molar-refractivity contribution is 14.1. The molecule has 0 aliphatic carbocycles. The molecule has 3 nitrogen and oxygen atoms in total. The fraction of sp³-hybridized carbons (Fsp3) is 0.125. The molecule has 1 aliphatic heterocycles. The maximum atomic E-state index is 11.8. The molecule has 2 aromatic rings. The van der Waals surface area contributed by atoms with Gasteiger partial charge < -0.3 is 9.88 Å². The summed E-state index contributed by atoms with van der Waals surface area (Å²) in [5, 5.41) is 2.65. The first-order chi connectivity index (χ1) is 10.5. The van der Waals surface area contributed by atoms with Crippen LogP contribution >= 0.6 is 46.6 Å². The first kappa shape index (κ1) is 15.8. The summed E-state index contributed by atoms with van der Waals surface area (Å²) in [4.78, 5) is 12.5. The summed E-state index contributed by atoms with van der Waals surface area (Å²) in [5.74, 6) is -0.117. The van der Waals surface area contributed by atoms with E-state index in [9.17, 15) is 4.79 Å². The number of nitrogens with zero attached hydrogens (tertiary/aromatic N) is 1. The van der Waals surface area contributed by atoms with E-state index >= 15 is 0 Å². The molecule has 0 radical (unpaired) electrons. The monoisotopic (exact) mass is 440 g/mol. The van der Waals surface area contributed by atoms with Gasteiger partial charge in [0.05, 0.1) is 4.91 Å². The summed E-state index contributed by atoms with van der Waals surface area (Å²) in [6, 6.07) is 10.5. The van der Waals surface area contributed by atoms with Crippen molar-refractivity contribution in [2.45, 2.75) is 13.8 Å². The highest BCUT2D eigenvalue weighted by Crippen LogP contribution is 2.29. The standard InChI is InChI=1S/C16H13IN2OS2/c1-9-7-11(8-14-15(20)18-16(21)22-14)10(2)19(9)13-5-3-12(17)4-6-13/h3-8H,1-2H3,(H,18,20,21)/b14-8+. The van der Waals surface area contributed by atoms with Gasteiger partial charge in [0, 0.05) is 20.6 Å². The number of carbonyl (C=O) groups excluding carboxylic acids is 1. The molecule has 0 saturated carbocycles. The molecular weight excluding hydrogens is 427 g/mol. The topological polar surface area (TPSA) is 34.0 Å². The normalized spacial score (nSPS) is 16.4. The molecule has 1 fully saturated rings. The summed E-state index contributed by atoms with van der Waals surface area (Å²) < 4.78 is 3.92. The van der Waals surface area contributed by atoms with Crippen LogP contribution in [-0.2, 0) is 4.79 Å². The quantitative estimate of drug-likeness (QED) is 0.432. The van der Waals surface area contributed by atoms with Gasteiger partial charge in [-0.2, -0.15) is 0 Å². The summed E-state index contributed by atoms with van der Waals surface area (Å²) in [6.07, 6.45) is 1.91. The van der Waals surface area contributed by atoms with E-state index in [1.165, 1.54) is 15.3 Å². The Morgan fingerprint density at radius 2 is 1.95 bits per heavy atom. The lowest BCUT2D eigenvalue weighted by atomic mass is 10.2. The number of rotatable bonds is 2. The largest absolute Gasteiger partial charge is 0.318 e. The fourth-order valence-corrected chi connectivity index (χ4v) is 3.88. The lowest BCUT2D eigenvalue weighted by Gasteiger charge is -2.09. The highest BCUT2D eigenvalue weighted by atomic mass is 127. The molecule has 22 heavy (non-hydrogen) atoms. The average Bonchev–Trinajstić information content (AvgIpc) is 2.92. The fourth-order valence-electron chi connectivity index (χ4n) is 2.48. The summed E-state index contributed by atoms with van der Waals surface area (Å²) in [5.41, 5.74) is 4.41. The third kappa shape index (κ3) is 3.00. The van der Waals surface area contributed by atoms with E-state index in [0.717, 1.165) is 22.6 Å². The zero-order chi connectivity index (χ0) is 15.9. The van der Waals surface area contributed by atoms with Crippen LogP contribution in [0.25, 0.3) is 11.8 Å². The number of carbonyl (C=O) groups is 1. The van der Waals surface area contributed by atoms with Gasteiger partial charge in [0.1, 0.15) is 4.32 Å². The van der Waals surface area contributed by atoms with Crippen molar-refractivity contribution in [2.75, 3.05) is 0 Å². The first-order valence-corrected chi connectivity index (χ1v) is 8.96. The molecule has 1 amide bonds. The molecule has 3 rings (SSSR count). The number of thiocarbonyl (C=S) groups is 1. The molecule has 0 spiro atoms. The second-order valence-corrected chi connectivity index (χ2v) is 7.96. The zero-order valence-corrected chi connectivity index (χ0v) is 15.8. The zero-order valence-electron chi connectivity index (χ0n) is 12.0. The lowest BCUT2D eigenvalue weighted by molar-refractivity contribution is -0.115. The van der Waals surface area contributed by atoms with Crippen molar-refractivity contribution in [1.29, 1.82) is 0 Å². The SMILES string of the molecule is Cc1cc(/C=C2/SC(=S)NC2=O)c(C)n1-c1ccc(I)cc1. The molecule has 0 atom stereocenters. The number of thioether (sulfide) groups is 1. The van der Waals surface area contributed by atoms with Gasteiger partial charge in [0.25, 0.3) is 5.91 Å². The number of halogens is 1. The van der Waals surface area contributed by atoms with Crippen molar-refractivity contribution < 1.29 is 4.79 Å². The molecule has 1 aliphatic rings. The van der Waals surface area contributed by atoms with Gasteiger partial charge in [0.2, 0.25) is 0 Å². The van der Waals surface area contributed by atoms with Crippen molar-refractivity contribution in [2.24, 2.45) is 0 Å². The number of aromatic nitrogens is 1. The number of nitrogens with one attached hydrogen (secondary N) is 1. The van der Waals surface area contributed by atoms with Crippen LogP contribution in [0.15, 0.2) is 35.2 Å². The van der Waals surface area contributed by atoms with Crippen LogP contribution in [0.4, 0.5) is 0 Å². The van der Waals surface area contributed by atoms with Crippen molar-refractivity contribution in [1.82, 2.24) is 9.88 Å². The molecule has 1 saturated heterocycles. The number of benzene rings is 1. The van der Waals surface area contributed by atoms with Crippen molar-refractivity contribution in [3.63, 3.8) is 0 Å². The van der Waals surface area contributed by atoms with Gasteiger partial charge >= 0.3 is 0 Å². The Morgan fingerprint density at radius 3 is 2.55 bits per heavy atom. The van der Waals surface area contributed by atoms with E-state index in [2.05, 4.69) is 76.7 Å². The maximum Gasteiger partial charge on any atom is 0.263 e. The Labute approximate surface area is 152 Å². The molecule has 1 aromatic carbocycles. The predicted octanol–water partition coefficient (Wildman–Crippen LogP) is 4.19. The van der Waals surface area contributed by atoms with Crippen LogP contribution in [0.3, 0.4) is 0 Å². The smallest absolute Gasteiger partial charge is 0.263 e. The van der Waals surface area contributed by atoms with E-state index < -0.39 is 0 Å². The molecule has 112 valence electrons. The molecule has 2 heterocycles. The van der Waals surface area contributed by atoms with Crippen LogP contribution in [0.2, 0.25) is 0 Å². The van der Waals surface area contributed by atoms with Crippen LogP contribution in [-0.4, -0.2) is 14.8 Å². The molecule has 1 N–H and O–H groups in total. The summed E-state index contributed by atoms with van der Waals surface area (Å²) in [6.45, 7) is 4.13. The van der Waals surface area contributed by atoms with Gasteiger partial charge in [-0.15, -0.1) is 0 Å². The Morgan fingerprint density at radius 1 is 1.27 bits per heavy atom. The average molecular weight is 440 g/mol. The van der Waals surface area contributed by atoms with Gasteiger partial charge in [-0.1, -0.05) is 24.0 Å². The Balaban J connectivity index is 2.04. The van der Waals surface area contributed by atoms with Crippen molar-refractivity contribution >= 4 is 62.9 Å². The molecule has 0 bridgehead atoms. The Kier molecular flexibility index (Phi) is 4.42. The minimum Gasteiger partial charge on any atom is -0.318 e. The van der Waals surface area contributed by atoms with E-state index in [-0.39, 0.29) is 5.91 Å². The minimum atomic E-state index is -0.117. The number of hydrogen-bond donors (Lipinski definition) is 1. The summed E-state index contributed by atoms with van der Waals surface area (Å²) >= 11 is 8.64. The van der Waals surface area contributed by atoms with Gasteiger partial charge in [-0.3, -0.25) is 4.79 Å². The van der Waals surface area contributed by atoms with Gasteiger partial charge in [-0.25, -0.2) is 0 Å². The minimum absolute atomic E-state index is 0.117. The number of amides is 1. The molecule has 0 unspecified atom stereocenters. The van der Waals surface area contributed by atoms with Gasteiger partial charge in [0.15, 0.2) is 0 Å². The Hall–Kier alpha value is -1.12. The first-order valence-electron chi connectivity index (χ1n) is 6.65. The van der Waals surface area contributed by atoms with Crippen LogP contribution in [0, 0.1) is 17.4 Å². The molecular formula is C16H13IN2OS2. The van der Waals surface area contributed by atoms with E-state index in [1.807, 2.05) is 6.08 Å². The molecule has 6 heteroatoms. The van der Waals surface area contributed by atoms with Crippen LogP contribution in [0.5, 0.6) is 0 Å². The number of hydrogen-bond acceptors (Lipinski definition) is 3. The lowest BCUT2D eigenvalue weighted by Crippen LogP contribution is -2.17. The van der Waals surface area contributed by atoms with E-state index in [0.29, 0.717) is 9.23 Å². The Bertz CT molecular complexity index is 806. The van der Waals surface area contributed by atoms with Crippen molar-refractivity contribution in [3.05, 3.63) is 55.8 Å². The highest BCUT2D eigenvalue weighted by Gasteiger charge is 2.22. The van der Waals surface area contributed by atoms with E-state index in [1.54, 1.807) is 0 Å². The third-order valence-corrected chi connectivity index (χ3v) is 5.37. The second kappa shape index (κ2) is 6.17. The summed E-state index contributed by atoms with van der Waals surface area (Å²) in [7, 11) is 0. The van der Waals surface area contributed by atoms with Crippen LogP contribution in [0.1, 0.15) is 17.0 Å². The van der Waals surface area contributed by atoms with Crippen LogP contribution < -0.4 is 5.32 Å². The maximum absolute atomic E-state index is 11.8.